The second-order valence-corrected chi connectivity index (χ2v) is 7.21. The average Bonchev–Trinajstić information content (AvgIpc) is 3.05. The molecule has 4 heteroatoms. The molecule has 1 heterocycles. The highest BCUT2D eigenvalue weighted by atomic mass is 79.9. The monoisotopic (exact) mass is 345 g/mol. The maximum absolute atomic E-state index is 6.47. The van der Waals surface area contributed by atoms with Crippen molar-refractivity contribution in [2.45, 2.75) is 50.5 Å². The average molecular weight is 346 g/mol. The van der Waals surface area contributed by atoms with Crippen molar-refractivity contribution < 1.29 is 0 Å². The second-order valence-electron chi connectivity index (χ2n) is 6.29. The number of anilines is 1. The van der Waals surface area contributed by atoms with Gasteiger partial charge in [0.25, 0.3) is 0 Å². The van der Waals surface area contributed by atoms with Crippen LogP contribution in [-0.4, -0.2) is 9.55 Å². The summed E-state index contributed by atoms with van der Waals surface area (Å²) in [7, 11) is 0. The van der Waals surface area contributed by atoms with Gasteiger partial charge < -0.3 is 10.3 Å². The van der Waals surface area contributed by atoms with Gasteiger partial charge in [-0.25, -0.2) is 4.98 Å². The molecule has 21 heavy (non-hydrogen) atoms. The molecule has 2 aliphatic carbocycles. The molecule has 3 nitrogen and oxygen atoms in total. The van der Waals surface area contributed by atoms with Gasteiger partial charge in [0.2, 0.25) is 0 Å². The minimum atomic E-state index is 0.595. The summed E-state index contributed by atoms with van der Waals surface area (Å²) in [5.74, 6) is 2.71. The quantitative estimate of drug-likeness (QED) is 0.860. The van der Waals surface area contributed by atoms with Gasteiger partial charge in [0.15, 0.2) is 0 Å². The van der Waals surface area contributed by atoms with Crippen LogP contribution in [0.2, 0.25) is 0 Å². The number of benzene rings is 1. The van der Waals surface area contributed by atoms with Crippen molar-refractivity contribution >= 4 is 21.7 Å². The van der Waals surface area contributed by atoms with E-state index in [-0.39, 0.29) is 0 Å². The molecular weight excluding hydrogens is 326 g/mol. The van der Waals surface area contributed by atoms with Gasteiger partial charge >= 0.3 is 0 Å². The van der Waals surface area contributed by atoms with Gasteiger partial charge in [0.1, 0.15) is 17.3 Å². The van der Waals surface area contributed by atoms with Crippen molar-refractivity contribution in [1.82, 2.24) is 9.55 Å². The first kappa shape index (κ1) is 13.4. The third kappa shape index (κ3) is 2.39. The molecule has 0 unspecified atom stereocenters. The Hall–Kier alpha value is -1.29. The van der Waals surface area contributed by atoms with Crippen LogP contribution in [0.5, 0.6) is 0 Å². The van der Waals surface area contributed by atoms with Gasteiger partial charge in [0.05, 0.1) is 0 Å². The van der Waals surface area contributed by atoms with Crippen LogP contribution in [0, 0.1) is 0 Å². The minimum absolute atomic E-state index is 0.595. The summed E-state index contributed by atoms with van der Waals surface area (Å²) in [6.45, 7) is 0. The summed E-state index contributed by atoms with van der Waals surface area (Å²) in [6.07, 6.45) is 7.69. The van der Waals surface area contributed by atoms with Crippen LogP contribution in [0.15, 0.2) is 28.7 Å². The molecule has 1 aromatic carbocycles. The zero-order valence-electron chi connectivity index (χ0n) is 12.1. The predicted octanol–water partition coefficient (Wildman–Crippen LogP) is 4.89. The summed E-state index contributed by atoms with van der Waals surface area (Å²) in [5, 5.41) is 0. The first-order valence-corrected chi connectivity index (χ1v) is 8.67. The van der Waals surface area contributed by atoms with E-state index in [0.717, 1.165) is 21.5 Å². The van der Waals surface area contributed by atoms with E-state index in [1.54, 1.807) is 0 Å². The van der Waals surface area contributed by atoms with Crippen molar-refractivity contribution in [2.24, 2.45) is 0 Å². The molecule has 0 saturated heterocycles. The fourth-order valence-electron chi connectivity index (χ4n) is 3.47. The fraction of sp³-hybridized carbons (Fsp3) is 0.471. The Kier molecular flexibility index (Phi) is 3.29. The Bertz CT molecular complexity index is 649. The third-order valence-electron chi connectivity index (χ3n) is 4.73. The number of hydrogen-bond donors (Lipinski definition) is 1. The molecule has 0 atom stereocenters. The standard InChI is InChI=1S/C17H20BrN3/c18-13-7-5-11(6-8-13)15-16(19)21(14-9-10-14)17(20-15)12-3-1-2-4-12/h5-8,12,14H,1-4,9-10,19H2. The summed E-state index contributed by atoms with van der Waals surface area (Å²) in [6, 6.07) is 8.90. The Morgan fingerprint density at radius 2 is 1.71 bits per heavy atom. The molecule has 2 fully saturated rings. The number of imidazole rings is 1. The number of hydrogen-bond acceptors (Lipinski definition) is 2. The molecule has 2 N–H and O–H groups in total. The number of nitrogens with zero attached hydrogens (tertiary/aromatic N) is 2. The topological polar surface area (TPSA) is 43.8 Å². The van der Waals surface area contributed by atoms with Crippen molar-refractivity contribution in [3.8, 4) is 11.3 Å². The van der Waals surface area contributed by atoms with Crippen molar-refractivity contribution in [3.05, 3.63) is 34.6 Å². The SMILES string of the molecule is Nc1c(-c2ccc(Br)cc2)nc(C2CCCC2)n1C1CC1. The summed E-state index contributed by atoms with van der Waals surface area (Å²) >= 11 is 3.49. The van der Waals surface area contributed by atoms with E-state index in [0.29, 0.717) is 12.0 Å². The maximum Gasteiger partial charge on any atom is 0.132 e. The Balaban J connectivity index is 1.80. The lowest BCUT2D eigenvalue weighted by Crippen LogP contribution is -2.08. The Morgan fingerprint density at radius 3 is 2.33 bits per heavy atom. The lowest BCUT2D eigenvalue weighted by Gasteiger charge is -2.12. The van der Waals surface area contributed by atoms with Gasteiger partial charge in [-0.2, -0.15) is 0 Å². The highest BCUT2D eigenvalue weighted by molar-refractivity contribution is 9.10. The smallest absolute Gasteiger partial charge is 0.132 e. The summed E-state index contributed by atoms with van der Waals surface area (Å²) in [5.41, 5.74) is 8.56. The van der Waals surface area contributed by atoms with E-state index in [1.165, 1.54) is 44.3 Å². The van der Waals surface area contributed by atoms with Crippen molar-refractivity contribution in [1.29, 1.82) is 0 Å². The van der Waals surface area contributed by atoms with Crippen LogP contribution in [-0.2, 0) is 0 Å². The lowest BCUT2D eigenvalue weighted by atomic mass is 10.1. The zero-order chi connectivity index (χ0) is 14.4. The van der Waals surface area contributed by atoms with Crippen LogP contribution < -0.4 is 5.73 Å². The predicted molar refractivity (Wildman–Crippen MR) is 89.3 cm³/mol. The summed E-state index contributed by atoms with van der Waals surface area (Å²) in [4.78, 5) is 4.98. The van der Waals surface area contributed by atoms with Crippen LogP contribution in [0.3, 0.4) is 0 Å². The number of nitrogens with two attached hydrogens (primary N) is 1. The van der Waals surface area contributed by atoms with E-state index in [2.05, 4.69) is 44.8 Å². The van der Waals surface area contributed by atoms with Crippen LogP contribution in [0.1, 0.15) is 56.3 Å². The third-order valence-corrected chi connectivity index (χ3v) is 5.25. The molecule has 1 aromatic heterocycles. The molecule has 0 bridgehead atoms. The molecule has 0 radical (unpaired) electrons. The highest BCUT2D eigenvalue weighted by Crippen LogP contribution is 2.45. The van der Waals surface area contributed by atoms with Gasteiger partial charge in [-0.1, -0.05) is 40.9 Å². The van der Waals surface area contributed by atoms with E-state index in [9.17, 15) is 0 Å². The molecular formula is C17H20BrN3. The Labute approximate surface area is 133 Å². The molecule has 0 aliphatic heterocycles. The molecule has 0 amide bonds. The molecule has 4 rings (SSSR count). The molecule has 2 aliphatic rings. The summed E-state index contributed by atoms with van der Waals surface area (Å²) < 4.78 is 3.43. The van der Waals surface area contributed by atoms with Crippen LogP contribution in [0.4, 0.5) is 5.82 Å². The van der Waals surface area contributed by atoms with Crippen LogP contribution in [0.25, 0.3) is 11.3 Å². The van der Waals surface area contributed by atoms with E-state index >= 15 is 0 Å². The van der Waals surface area contributed by atoms with Crippen molar-refractivity contribution in [2.75, 3.05) is 5.73 Å². The zero-order valence-corrected chi connectivity index (χ0v) is 13.6. The van der Waals surface area contributed by atoms with Crippen LogP contribution >= 0.6 is 15.9 Å². The van der Waals surface area contributed by atoms with Crippen molar-refractivity contribution in [3.63, 3.8) is 0 Å². The first-order valence-electron chi connectivity index (χ1n) is 7.87. The second kappa shape index (κ2) is 5.16. The maximum atomic E-state index is 6.47. The molecule has 110 valence electrons. The Morgan fingerprint density at radius 1 is 1.05 bits per heavy atom. The van der Waals surface area contributed by atoms with E-state index in [1.807, 2.05) is 0 Å². The number of nitrogen functional groups attached to an aromatic ring is 1. The minimum Gasteiger partial charge on any atom is -0.383 e. The largest absolute Gasteiger partial charge is 0.383 e. The van der Waals surface area contributed by atoms with E-state index < -0.39 is 0 Å². The highest BCUT2D eigenvalue weighted by Gasteiger charge is 2.33. The normalized spacial score (nSPS) is 19.3. The van der Waals surface area contributed by atoms with Gasteiger partial charge in [-0.05, 0) is 37.8 Å². The number of rotatable bonds is 3. The molecule has 2 saturated carbocycles. The van der Waals surface area contributed by atoms with E-state index in [4.69, 9.17) is 10.7 Å². The number of aromatic nitrogens is 2. The molecule has 2 aromatic rings. The number of halogens is 1. The molecule has 0 spiro atoms. The van der Waals surface area contributed by atoms with Gasteiger partial charge in [-0.15, -0.1) is 0 Å². The fourth-order valence-corrected chi connectivity index (χ4v) is 3.74. The first-order chi connectivity index (χ1) is 10.2. The van der Waals surface area contributed by atoms with Gasteiger partial charge in [-0.3, -0.25) is 0 Å². The lowest BCUT2D eigenvalue weighted by molar-refractivity contribution is 0.596. The van der Waals surface area contributed by atoms with Gasteiger partial charge in [0, 0.05) is 22.0 Å².